The molecular weight excluding hydrogens is 196 g/mol. The molecule has 1 aliphatic rings. The Kier molecular flexibility index (Phi) is 3.11. The molecular formula is C11H12O4. The maximum absolute atomic E-state index is 10.6. The van der Waals surface area contributed by atoms with Gasteiger partial charge in [0, 0.05) is 5.56 Å². The number of aliphatic hydroxyl groups excluding tert-OH is 1. The van der Waals surface area contributed by atoms with Crippen LogP contribution in [0.4, 0.5) is 0 Å². The normalized spacial score (nSPS) is 31.1. The zero-order chi connectivity index (χ0) is 10.7. The van der Waals surface area contributed by atoms with Gasteiger partial charge in [-0.15, -0.1) is 0 Å². The van der Waals surface area contributed by atoms with Crippen molar-refractivity contribution in [2.24, 2.45) is 0 Å². The maximum Gasteiger partial charge on any atom is 0.184 e. The SMILES string of the molecule is O=C[C@@H]1O[C@@H](c2ccccc2)OC[C@H]1O. The molecule has 2 rings (SSSR count). The van der Waals surface area contributed by atoms with Crippen LogP contribution in [0.2, 0.25) is 0 Å². The second kappa shape index (κ2) is 4.53. The van der Waals surface area contributed by atoms with Crippen molar-refractivity contribution in [3.05, 3.63) is 35.9 Å². The molecule has 0 spiro atoms. The lowest BCUT2D eigenvalue weighted by atomic mass is 10.1. The molecule has 0 aliphatic carbocycles. The highest BCUT2D eigenvalue weighted by Gasteiger charge is 2.30. The standard InChI is InChI=1S/C11H12O4/c12-6-10-9(13)7-14-11(15-10)8-4-2-1-3-5-8/h1-6,9-11,13H,7H2/t9-,10+,11+/m1/s1. The first kappa shape index (κ1) is 10.3. The lowest BCUT2D eigenvalue weighted by molar-refractivity contribution is -0.246. The molecule has 1 N–H and O–H groups in total. The molecule has 0 amide bonds. The van der Waals surface area contributed by atoms with Crippen molar-refractivity contribution in [1.82, 2.24) is 0 Å². The first-order chi connectivity index (χ1) is 7.31. The first-order valence-electron chi connectivity index (χ1n) is 4.76. The Morgan fingerprint density at radius 2 is 2.07 bits per heavy atom. The molecule has 0 radical (unpaired) electrons. The highest BCUT2D eigenvalue weighted by Crippen LogP contribution is 2.25. The molecule has 1 aliphatic heterocycles. The topological polar surface area (TPSA) is 55.8 Å². The number of hydrogen-bond donors (Lipinski definition) is 1. The molecule has 0 saturated carbocycles. The maximum atomic E-state index is 10.6. The fraction of sp³-hybridized carbons (Fsp3) is 0.364. The Labute approximate surface area is 87.4 Å². The number of aliphatic hydroxyl groups is 1. The minimum Gasteiger partial charge on any atom is -0.388 e. The average Bonchev–Trinajstić information content (AvgIpc) is 2.31. The van der Waals surface area contributed by atoms with E-state index in [1.165, 1.54) is 0 Å². The summed E-state index contributed by atoms with van der Waals surface area (Å²) in [4.78, 5) is 10.6. The number of hydrogen-bond acceptors (Lipinski definition) is 4. The van der Waals surface area contributed by atoms with E-state index in [-0.39, 0.29) is 6.61 Å². The van der Waals surface area contributed by atoms with Crippen molar-refractivity contribution in [3.8, 4) is 0 Å². The van der Waals surface area contributed by atoms with Gasteiger partial charge in [-0.3, -0.25) is 0 Å². The summed E-state index contributed by atoms with van der Waals surface area (Å²) in [7, 11) is 0. The van der Waals surface area contributed by atoms with Crippen LogP contribution in [-0.2, 0) is 14.3 Å². The molecule has 0 bridgehead atoms. The largest absolute Gasteiger partial charge is 0.388 e. The summed E-state index contributed by atoms with van der Waals surface area (Å²) in [5.41, 5.74) is 0.844. The summed E-state index contributed by atoms with van der Waals surface area (Å²) in [5, 5.41) is 9.35. The summed E-state index contributed by atoms with van der Waals surface area (Å²) in [6.45, 7) is 0.114. The van der Waals surface area contributed by atoms with Gasteiger partial charge in [0.2, 0.25) is 0 Å². The molecule has 1 aromatic rings. The van der Waals surface area contributed by atoms with E-state index in [2.05, 4.69) is 0 Å². The smallest absolute Gasteiger partial charge is 0.184 e. The number of aldehydes is 1. The van der Waals surface area contributed by atoms with Gasteiger partial charge < -0.3 is 19.4 Å². The third-order valence-corrected chi connectivity index (χ3v) is 2.28. The summed E-state index contributed by atoms with van der Waals surface area (Å²) in [5.74, 6) is 0. The van der Waals surface area contributed by atoms with Crippen LogP contribution < -0.4 is 0 Å². The molecule has 4 heteroatoms. The van der Waals surface area contributed by atoms with Gasteiger partial charge in [-0.2, -0.15) is 0 Å². The highest BCUT2D eigenvalue weighted by molar-refractivity contribution is 5.57. The second-order valence-corrected chi connectivity index (χ2v) is 3.38. The van der Waals surface area contributed by atoms with E-state index in [9.17, 15) is 9.90 Å². The van der Waals surface area contributed by atoms with Crippen molar-refractivity contribution < 1.29 is 19.4 Å². The van der Waals surface area contributed by atoms with Gasteiger partial charge in [-0.05, 0) is 0 Å². The van der Waals surface area contributed by atoms with Crippen molar-refractivity contribution in [2.75, 3.05) is 6.61 Å². The van der Waals surface area contributed by atoms with Crippen LogP contribution in [0.5, 0.6) is 0 Å². The summed E-state index contributed by atoms with van der Waals surface area (Å²) in [6.07, 6.45) is -1.64. The molecule has 4 nitrogen and oxygen atoms in total. The van der Waals surface area contributed by atoms with Gasteiger partial charge in [0.15, 0.2) is 12.6 Å². The Morgan fingerprint density at radius 1 is 1.33 bits per heavy atom. The quantitative estimate of drug-likeness (QED) is 0.725. The summed E-state index contributed by atoms with van der Waals surface area (Å²) >= 11 is 0. The van der Waals surface area contributed by atoms with Crippen LogP contribution in [-0.4, -0.2) is 30.2 Å². The minimum absolute atomic E-state index is 0.114. The number of carbonyl (C=O) groups is 1. The highest BCUT2D eigenvalue weighted by atomic mass is 16.7. The average molecular weight is 208 g/mol. The summed E-state index contributed by atoms with van der Waals surface area (Å²) in [6, 6.07) is 9.32. The van der Waals surface area contributed by atoms with E-state index < -0.39 is 18.5 Å². The molecule has 3 atom stereocenters. The Bertz CT molecular complexity index is 325. The van der Waals surface area contributed by atoms with Gasteiger partial charge in [-0.25, -0.2) is 0 Å². The lowest BCUT2D eigenvalue weighted by Crippen LogP contribution is -2.41. The van der Waals surface area contributed by atoms with Crippen LogP contribution in [0.15, 0.2) is 30.3 Å². The monoisotopic (exact) mass is 208 g/mol. The van der Waals surface area contributed by atoms with Crippen molar-refractivity contribution in [1.29, 1.82) is 0 Å². The van der Waals surface area contributed by atoms with E-state index >= 15 is 0 Å². The van der Waals surface area contributed by atoms with Gasteiger partial charge in [0.25, 0.3) is 0 Å². The number of rotatable bonds is 2. The predicted molar refractivity (Wildman–Crippen MR) is 52.1 cm³/mol. The molecule has 15 heavy (non-hydrogen) atoms. The van der Waals surface area contributed by atoms with Crippen molar-refractivity contribution in [2.45, 2.75) is 18.5 Å². The van der Waals surface area contributed by atoms with Crippen LogP contribution in [0.3, 0.4) is 0 Å². The van der Waals surface area contributed by atoms with Gasteiger partial charge in [0.1, 0.15) is 12.2 Å². The fourth-order valence-corrected chi connectivity index (χ4v) is 1.46. The van der Waals surface area contributed by atoms with Crippen LogP contribution >= 0.6 is 0 Å². The Balaban J connectivity index is 2.09. The molecule has 0 unspecified atom stereocenters. The number of benzene rings is 1. The Morgan fingerprint density at radius 3 is 2.73 bits per heavy atom. The van der Waals surface area contributed by atoms with E-state index in [4.69, 9.17) is 9.47 Å². The van der Waals surface area contributed by atoms with Gasteiger partial charge >= 0.3 is 0 Å². The van der Waals surface area contributed by atoms with E-state index in [1.54, 1.807) is 0 Å². The van der Waals surface area contributed by atoms with Crippen LogP contribution in [0, 0.1) is 0 Å². The minimum atomic E-state index is -0.873. The molecule has 1 aromatic carbocycles. The number of ether oxygens (including phenoxy) is 2. The van der Waals surface area contributed by atoms with E-state index in [0.29, 0.717) is 6.29 Å². The van der Waals surface area contributed by atoms with Gasteiger partial charge in [0.05, 0.1) is 6.61 Å². The lowest BCUT2D eigenvalue weighted by Gasteiger charge is -2.31. The van der Waals surface area contributed by atoms with Crippen molar-refractivity contribution in [3.63, 3.8) is 0 Å². The van der Waals surface area contributed by atoms with E-state index in [1.807, 2.05) is 30.3 Å². The molecule has 1 heterocycles. The summed E-state index contributed by atoms with van der Waals surface area (Å²) < 4.78 is 10.6. The van der Waals surface area contributed by atoms with E-state index in [0.717, 1.165) is 5.56 Å². The predicted octanol–water partition coefficient (Wildman–Crippen LogP) is 0.660. The third kappa shape index (κ3) is 2.23. The second-order valence-electron chi connectivity index (χ2n) is 3.38. The molecule has 80 valence electrons. The molecule has 1 fully saturated rings. The molecule has 1 saturated heterocycles. The fourth-order valence-electron chi connectivity index (χ4n) is 1.46. The third-order valence-electron chi connectivity index (χ3n) is 2.28. The van der Waals surface area contributed by atoms with Crippen LogP contribution in [0.25, 0.3) is 0 Å². The zero-order valence-corrected chi connectivity index (χ0v) is 8.08. The number of carbonyl (C=O) groups excluding carboxylic acids is 1. The van der Waals surface area contributed by atoms with Crippen molar-refractivity contribution >= 4 is 6.29 Å². The van der Waals surface area contributed by atoms with Crippen LogP contribution in [0.1, 0.15) is 11.9 Å². The zero-order valence-electron chi connectivity index (χ0n) is 8.08. The molecule has 0 aromatic heterocycles. The van der Waals surface area contributed by atoms with Gasteiger partial charge in [-0.1, -0.05) is 30.3 Å². The first-order valence-corrected chi connectivity index (χ1v) is 4.76. The Hall–Kier alpha value is -1.23.